The van der Waals surface area contributed by atoms with E-state index in [1.807, 2.05) is 31.2 Å². The number of halogens is 1. The summed E-state index contributed by atoms with van der Waals surface area (Å²) in [5, 5.41) is 5.90. The Morgan fingerprint density at radius 3 is 2.60 bits per heavy atom. The van der Waals surface area contributed by atoms with Crippen LogP contribution in [0, 0.1) is 12.7 Å². The van der Waals surface area contributed by atoms with E-state index >= 15 is 0 Å². The number of carbonyl (C=O) groups is 1. The van der Waals surface area contributed by atoms with Crippen molar-refractivity contribution in [2.45, 2.75) is 13.5 Å². The number of rotatable bonds is 5. The molecule has 3 aromatic rings. The lowest BCUT2D eigenvalue weighted by atomic mass is 10.2. The Morgan fingerprint density at radius 2 is 1.88 bits per heavy atom. The van der Waals surface area contributed by atoms with Gasteiger partial charge >= 0.3 is 0 Å². The first-order valence-electron chi connectivity index (χ1n) is 7.93. The maximum atomic E-state index is 13.6. The Balaban J connectivity index is 1.61. The molecule has 0 saturated carbocycles. The van der Waals surface area contributed by atoms with Crippen LogP contribution in [0.4, 0.5) is 15.8 Å². The highest BCUT2D eigenvalue weighted by Crippen LogP contribution is 2.13. The summed E-state index contributed by atoms with van der Waals surface area (Å²) >= 11 is 0. The van der Waals surface area contributed by atoms with Crippen LogP contribution in [0.25, 0.3) is 0 Å². The lowest BCUT2D eigenvalue weighted by Crippen LogP contribution is -2.13. The van der Waals surface area contributed by atoms with Crippen molar-refractivity contribution in [3.63, 3.8) is 0 Å². The van der Waals surface area contributed by atoms with E-state index in [9.17, 15) is 9.18 Å². The molecule has 0 aliphatic heterocycles. The van der Waals surface area contributed by atoms with Gasteiger partial charge in [0.05, 0.1) is 11.9 Å². The van der Waals surface area contributed by atoms with Crippen LogP contribution in [0.3, 0.4) is 0 Å². The lowest BCUT2D eigenvalue weighted by molar-refractivity contribution is 0.102. The van der Waals surface area contributed by atoms with Gasteiger partial charge in [0.1, 0.15) is 11.5 Å². The summed E-state index contributed by atoms with van der Waals surface area (Å²) in [6.07, 6.45) is 1.56. The van der Waals surface area contributed by atoms with Crippen LogP contribution in [-0.2, 0) is 6.54 Å². The number of nitrogens with one attached hydrogen (secondary N) is 2. The van der Waals surface area contributed by atoms with Gasteiger partial charge in [-0.15, -0.1) is 0 Å². The van der Waals surface area contributed by atoms with Crippen LogP contribution in [0.2, 0.25) is 0 Å². The topological polar surface area (TPSA) is 54.0 Å². The minimum Gasteiger partial charge on any atom is -0.380 e. The van der Waals surface area contributed by atoms with Gasteiger partial charge in [0.2, 0.25) is 0 Å². The molecule has 1 amide bonds. The average molecular weight is 335 g/mol. The number of carbonyl (C=O) groups excluding carboxylic acids is 1. The smallest absolute Gasteiger partial charge is 0.274 e. The summed E-state index contributed by atoms with van der Waals surface area (Å²) in [6, 6.07) is 17.5. The zero-order valence-electron chi connectivity index (χ0n) is 13.8. The zero-order chi connectivity index (χ0) is 17.6. The molecular weight excluding hydrogens is 317 g/mol. The summed E-state index contributed by atoms with van der Waals surface area (Å²) in [7, 11) is 0. The second-order valence-electron chi connectivity index (χ2n) is 5.70. The highest BCUT2D eigenvalue weighted by atomic mass is 19.1. The predicted octanol–water partition coefficient (Wildman–Crippen LogP) is 4.39. The van der Waals surface area contributed by atoms with Crippen molar-refractivity contribution in [1.82, 2.24) is 4.98 Å². The minimum atomic E-state index is -0.272. The van der Waals surface area contributed by atoms with Crippen LogP contribution in [-0.4, -0.2) is 10.9 Å². The summed E-state index contributed by atoms with van der Waals surface area (Å²) in [5.74, 6) is -0.525. The van der Waals surface area contributed by atoms with Crippen LogP contribution >= 0.6 is 0 Å². The molecule has 0 unspecified atom stereocenters. The lowest BCUT2D eigenvalue weighted by Gasteiger charge is -2.08. The second kappa shape index (κ2) is 7.57. The third-order valence-corrected chi connectivity index (χ3v) is 3.71. The van der Waals surface area contributed by atoms with Crippen molar-refractivity contribution >= 4 is 17.3 Å². The van der Waals surface area contributed by atoms with Gasteiger partial charge in [0, 0.05) is 17.8 Å². The fourth-order valence-electron chi connectivity index (χ4n) is 2.39. The number of anilines is 2. The number of benzene rings is 2. The molecule has 1 aromatic heterocycles. The van der Waals surface area contributed by atoms with Gasteiger partial charge in [0.15, 0.2) is 0 Å². The predicted molar refractivity (Wildman–Crippen MR) is 97.1 cm³/mol. The molecule has 0 aliphatic rings. The van der Waals surface area contributed by atoms with Gasteiger partial charge in [0.25, 0.3) is 5.91 Å². The third kappa shape index (κ3) is 4.41. The molecule has 1 heterocycles. The third-order valence-electron chi connectivity index (χ3n) is 3.71. The monoisotopic (exact) mass is 335 g/mol. The molecule has 0 saturated heterocycles. The van der Waals surface area contributed by atoms with Crippen LogP contribution in [0.5, 0.6) is 0 Å². The number of nitrogens with zero attached hydrogens (tertiary/aromatic N) is 1. The van der Waals surface area contributed by atoms with Gasteiger partial charge in [-0.05, 0) is 42.8 Å². The fourth-order valence-corrected chi connectivity index (χ4v) is 2.39. The largest absolute Gasteiger partial charge is 0.380 e. The normalized spacial score (nSPS) is 10.3. The molecular formula is C20H18FN3O. The standard InChI is InChI=1S/C20H18FN3O/c1-14-5-4-7-16(11-14)24-20(25)19-10-9-17(13-23-19)22-12-15-6-2-3-8-18(15)21/h2-11,13,22H,12H2,1H3,(H,24,25). The Labute approximate surface area is 145 Å². The molecule has 0 atom stereocenters. The van der Waals surface area contributed by atoms with Gasteiger partial charge in [-0.1, -0.05) is 30.3 Å². The zero-order valence-corrected chi connectivity index (χ0v) is 13.8. The quantitative estimate of drug-likeness (QED) is 0.727. The first kappa shape index (κ1) is 16.6. The number of aryl methyl sites for hydroxylation is 1. The maximum Gasteiger partial charge on any atom is 0.274 e. The highest BCUT2D eigenvalue weighted by Gasteiger charge is 2.08. The number of pyridine rings is 1. The van der Waals surface area contributed by atoms with Crippen LogP contribution in [0.1, 0.15) is 21.6 Å². The fraction of sp³-hybridized carbons (Fsp3) is 0.100. The summed E-state index contributed by atoms with van der Waals surface area (Å²) in [6.45, 7) is 2.31. The Bertz CT molecular complexity index is 878. The Hall–Kier alpha value is -3.21. The van der Waals surface area contributed by atoms with E-state index in [0.29, 0.717) is 17.8 Å². The van der Waals surface area contributed by atoms with Crippen LogP contribution in [0.15, 0.2) is 66.9 Å². The molecule has 0 fully saturated rings. The molecule has 2 N–H and O–H groups in total. The van der Waals surface area contributed by atoms with E-state index in [1.165, 1.54) is 6.07 Å². The maximum absolute atomic E-state index is 13.6. The molecule has 3 rings (SSSR count). The molecule has 0 radical (unpaired) electrons. The van der Waals surface area contributed by atoms with Gasteiger partial charge < -0.3 is 10.6 Å². The first-order valence-corrected chi connectivity index (χ1v) is 7.93. The van der Waals surface area contributed by atoms with Crippen molar-refractivity contribution in [1.29, 1.82) is 0 Å². The van der Waals surface area contributed by atoms with Gasteiger partial charge in [-0.3, -0.25) is 4.79 Å². The van der Waals surface area contributed by atoms with Crippen molar-refractivity contribution in [3.05, 3.63) is 89.5 Å². The number of aromatic nitrogens is 1. The van der Waals surface area contributed by atoms with Gasteiger partial charge in [-0.2, -0.15) is 0 Å². The Kier molecular flexibility index (Phi) is 5.04. The second-order valence-corrected chi connectivity index (χ2v) is 5.70. The molecule has 2 aromatic carbocycles. The molecule has 25 heavy (non-hydrogen) atoms. The van der Waals surface area contributed by atoms with E-state index in [4.69, 9.17) is 0 Å². The molecule has 4 nitrogen and oxygen atoms in total. The summed E-state index contributed by atoms with van der Waals surface area (Å²) in [4.78, 5) is 16.4. The van der Waals surface area contributed by atoms with E-state index in [-0.39, 0.29) is 11.7 Å². The van der Waals surface area contributed by atoms with E-state index in [2.05, 4.69) is 15.6 Å². The molecule has 5 heteroatoms. The van der Waals surface area contributed by atoms with E-state index in [0.717, 1.165) is 16.9 Å². The first-order chi connectivity index (χ1) is 12.1. The summed E-state index contributed by atoms with van der Waals surface area (Å²) < 4.78 is 13.6. The van der Waals surface area contributed by atoms with Crippen molar-refractivity contribution < 1.29 is 9.18 Å². The number of hydrogen-bond acceptors (Lipinski definition) is 3. The molecule has 0 aliphatic carbocycles. The molecule has 0 spiro atoms. The number of hydrogen-bond donors (Lipinski definition) is 2. The Morgan fingerprint density at radius 1 is 1.04 bits per heavy atom. The van der Waals surface area contributed by atoms with E-state index in [1.54, 1.807) is 36.5 Å². The van der Waals surface area contributed by atoms with E-state index < -0.39 is 0 Å². The van der Waals surface area contributed by atoms with Crippen molar-refractivity contribution in [2.24, 2.45) is 0 Å². The summed E-state index contributed by atoms with van der Waals surface area (Å²) in [5.41, 5.74) is 3.41. The highest BCUT2D eigenvalue weighted by molar-refractivity contribution is 6.02. The van der Waals surface area contributed by atoms with Crippen LogP contribution < -0.4 is 10.6 Å². The average Bonchev–Trinajstić information content (AvgIpc) is 2.61. The SMILES string of the molecule is Cc1cccc(NC(=O)c2ccc(NCc3ccccc3F)cn2)c1. The van der Waals surface area contributed by atoms with Gasteiger partial charge in [-0.25, -0.2) is 9.37 Å². The molecule has 126 valence electrons. The number of amides is 1. The van der Waals surface area contributed by atoms with Crippen molar-refractivity contribution in [2.75, 3.05) is 10.6 Å². The molecule has 0 bridgehead atoms. The minimum absolute atomic E-state index is 0.253. The van der Waals surface area contributed by atoms with Crippen molar-refractivity contribution in [3.8, 4) is 0 Å².